The zero-order valence-corrected chi connectivity index (χ0v) is 9.94. The summed E-state index contributed by atoms with van der Waals surface area (Å²) < 4.78 is 0. The molecule has 0 aliphatic carbocycles. The Morgan fingerprint density at radius 2 is 1.94 bits per heavy atom. The molecule has 2 aromatic heterocycles. The summed E-state index contributed by atoms with van der Waals surface area (Å²) in [5, 5.41) is 3.14. The number of anilines is 2. The summed E-state index contributed by atoms with van der Waals surface area (Å²) in [5.41, 5.74) is 9.30. The van der Waals surface area contributed by atoms with Crippen LogP contribution in [-0.2, 0) is 6.54 Å². The van der Waals surface area contributed by atoms with Crippen molar-refractivity contribution in [3.05, 3.63) is 41.6 Å². The molecule has 2 aromatic rings. The molecule has 17 heavy (non-hydrogen) atoms. The van der Waals surface area contributed by atoms with E-state index in [9.17, 15) is 0 Å². The number of nitrogens with two attached hydrogens (primary N) is 1. The van der Waals surface area contributed by atoms with Crippen molar-refractivity contribution in [1.82, 2.24) is 15.0 Å². The van der Waals surface area contributed by atoms with E-state index in [4.69, 9.17) is 5.73 Å². The van der Waals surface area contributed by atoms with E-state index < -0.39 is 0 Å². The van der Waals surface area contributed by atoms with E-state index in [0.717, 1.165) is 17.0 Å². The number of nitrogens with zero attached hydrogens (tertiary/aromatic N) is 3. The van der Waals surface area contributed by atoms with Crippen LogP contribution >= 0.6 is 0 Å². The number of aromatic nitrogens is 3. The second-order valence-corrected chi connectivity index (χ2v) is 3.95. The van der Waals surface area contributed by atoms with Crippen molar-refractivity contribution in [3.63, 3.8) is 0 Å². The number of pyridine rings is 1. The summed E-state index contributed by atoms with van der Waals surface area (Å²) in [4.78, 5) is 12.6. The smallest absolute Gasteiger partial charge is 0.149 e. The normalized spacial score (nSPS) is 10.2. The maximum atomic E-state index is 5.85. The molecular weight excluding hydrogens is 214 g/mol. The van der Waals surface area contributed by atoms with Crippen LogP contribution in [0.5, 0.6) is 0 Å². The summed E-state index contributed by atoms with van der Waals surface area (Å²) in [7, 11) is 0. The lowest BCUT2D eigenvalue weighted by atomic mass is 10.3. The van der Waals surface area contributed by atoms with Gasteiger partial charge in [0.2, 0.25) is 0 Å². The fraction of sp³-hybridized carbons (Fsp3) is 0.250. The zero-order valence-electron chi connectivity index (χ0n) is 9.94. The minimum absolute atomic E-state index is 0.563. The third-order valence-corrected chi connectivity index (χ3v) is 2.33. The number of hydrogen-bond acceptors (Lipinski definition) is 5. The van der Waals surface area contributed by atoms with Crippen molar-refractivity contribution in [2.75, 3.05) is 11.1 Å². The van der Waals surface area contributed by atoms with E-state index in [1.165, 1.54) is 0 Å². The molecule has 3 N–H and O–H groups in total. The lowest BCUT2D eigenvalue weighted by Gasteiger charge is -2.08. The van der Waals surface area contributed by atoms with E-state index in [1.807, 2.05) is 19.9 Å². The molecule has 0 radical (unpaired) electrons. The van der Waals surface area contributed by atoms with Crippen LogP contribution in [0.1, 0.15) is 17.0 Å². The van der Waals surface area contributed by atoms with E-state index in [1.54, 1.807) is 18.6 Å². The van der Waals surface area contributed by atoms with Gasteiger partial charge in [0.1, 0.15) is 5.82 Å². The monoisotopic (exact) mass is 229 g/mol. The topological polar surface area (TPSA) is 76.7 Å². The average molecular weight is 229 g/mol. The predicted octanol–water partition coefficient (Wildman–Crippen LogP) is 1.68. The van der Waals surface area contributed by atoms with Crippen LogP contribution in [0.15, 0.2) is 24.7 Å². The van der Waals surface area contributed by atoms with E-state index in [-0.39, 0.29) is 0 Å². The highest BCUT2D eigenvalue weighted by Gasteiger charge is 2.01. The van der Waals surface area contributed by atoms with Crippen LogP contribution in [0.2, 0.25) is 0 Å². The highest BCUT2D eigenvalue weighted by molar-refractivity contribution is 5.61. The van der Waals surface area contributed by atoms with Crippen LogP contribution in [-0.4, -0.2) is 15.0 Å². The second-order valence-electron chi connectivity index (χ2n) is 3.95. The quantitative estimate of drug-likeness (QED) is 0.837. The Morgan fingerprint density at radius 3 is 2.59 bits per heavy atom. The van der Waals surface area contributed by atoms with Gasteiger partial charge in [0.05, 0.1) is 29.8 Å². The van der Waals surface area contributed by atoms with Gasteiger partial charge in [-0.15, -0.1) is 0 Å². The molecule has 0 amide bonds. The molecular formula is C12H15N5. The maximum Gasteiger partial charge on any atom is 0.149 e. The van der Waals surface area contributed by atoms with Gasteiger partial charge in [-0.25, -0.2) is 4.98 Å². The van der Waals surface area contributed by atoms with Gasteiger partial charge in [0.25, 0.3) is 0 Å². The van der Waals surface area contributed by atoms with E-state index in [2.05, 4.69) is 20.3 Å². The highest BCUT2D eigenvalue weighted by atomic mass is 15.0. The van der Waals surface area contributed by atoms with E-state index >= 15 is 0 Å². The molecule has 5 heteroatoms. The van der Waals surface area contributed by atoms with Crippen molar-refractivity contribution in [1.29, 1.82) is 0 Å². The first-order valence-electron chi connectivity index (χ1n) is 5.38. The number of hydrogen-bond donors (Lipinski definition) is 2. The van der Waals surface area contributed by atoms with Crippen molar-refractivity contribution in [2.45, 2.75) is 20.4 Å². The summed E-state index contributed by atoms with van der Waals surface area (Å²) >= 11 is 0. The minimum atomic E-state index is 0.563. The first kappa shape index (κ1) is 11.3. The van der Waals surface area contributed by atoms with Crippen molar-refractivity contribution < 1.29 is 0 Å². The molecule has 0 aliphatic rings. The minimum Gasteiger partial charge on any atom is -0.396 e. The Kier molecular flexibility index (Phi) is 3.18. The second kappa shape index (κ2) is 4.78. The SMILES string of the molecule is Cc1cnc(NCc2cnc(C)cn2)c(N)c1. The average Bonchev–Trinajstić information content (AvgIpc) is 2.30. The molecule has 2 heterocycles. The van der Waals surface area contributed by atoms with E-state index in [0.29, 0.717) is 18.1 Å². The molecule has 0 saturated heterocycles. The number of nitrogens with one attached hydrogen (secondary N) is 1. The van der Waals surface area contributed by atoms with Gasteiger partial charge in [-0.2, -0.15) is 0 Å². The molecule has 0 atom stereocenters. The largest absolute Gasteiger partial charge is 0.396 e. The Hall–Kier alpha value is -2.17. The first-order chi connectivity index (χ1) is 8.15. The highest BCUT2D eigenvalue weighted by Crippen LogP contribution is 2.16. The number of rotatable bonds is 3. The summed E-state index contributed by atoms with van der Waals surface area (Å²) in [6.07, 6.45) is 5.26. The van der Waals surface area contributed by atoms with Crippen LogP contribution < -0.4 is 11.1 Å². The van der Waals surface area contributed by atoms with Crippen molar-refractivity contribution >= 4 is 11.5 Å². The molecule has 0 aromatic carbocycles. The fourth-order valence-electron chi connectivity index (χ4n) is 1.42. The molecule has 0 fully saturated rings. The third-order valence-electron chi connectivity index (χ3n) is 2.33. The maximum absolute atomic E-state index is 5.85. The van der Waals surface area contributed by atoms with Gasteiger partial charge in [0.15, 0.2) is 0 Å². The van der Waals surface area contributed by atoms with Gasteiger partial charge in [-0.1, -0.05) is 0 Å². The van der Waals surface area contributed by atoms with Crippen molar-refractivity contribution in [2.24, 2.45) is 0 Å². The lowest BCUT2D eigenvalue weighted by molar-refractivity contribution is 0.976. The van der Waals surface area contributed by atoms with Crippen LogP contribution in [0, 0.1) is 13.8 Å². The van der Waals surface area contributed by atoms with Crippen molar-refractivity contribution in [3.8, 4) is 0 Å². The van der Waals surface area contributed by atoms with Crippen LogP contribution in [0.25, 0.3) is 0 Å². The molecule has 0 bridgehead atoms. The summed E-state index contributed by atoms with van der Waals surface area (Å²) in [6, 6.07) is 1.89. The van der Waals surface area contributed by atoms with Gasteiger partial charge in [-0.05, 0) is 25.5 Å². The summed E-state index contributed by atoms with van der Waals surface area (Å²) in [5.74, 6) is 0.679. The Morgan fingerprint density at radius 1 is 1.12 bits per heavy atom. The van der Waals surface area contributed by atoms with Gasteiger partial charge < -0.3 is 11.1 Å². The van der Waals surface area contributed by atoms with Crippen LogP contribution in [0.3, 0.4) is 0 Å². The molecule has 0 aliphatic heterocycles. The summed E-state index contributed by atoms with van der Waals surface area (Å²) in [6.45, 7) is 4.43. The van der Waals surface area contributed by atoms with Gasteiger partial charge in [-0.3, -0.25) is 9.97 Å². The molecule has 0 saturated carbocycles. The Bertz CT molecular complexity index is 507. The zero-order chi connectivity index (χ0) is 12.3. The Labute approximate surface area is 100 Å². The molecule has 0 spiro atoms. The standard InChI is InChI=1S/C12H15N5/c1-8-3-11(13)12(16-4-8)17-7-10-6-14-9(2)5-15-10/h3-6H,7,13H2,1-2H3,(H,16,17). The van der Waals surface area contributed by atoms with Gasteiger partial charge >= 0.3 is 0 Å². The molecule has 2 rings (SSSR count). The number of aryl methyl sites for hydroxylation is 2. The lowest BCUT2D eigenvalue weighted by Crippen LogP contribution is -2.06. The predicted molar refractivity (Wildman–Crippen MR) is 67.5 cm³/mol. The molecule has 0 unspecified atom stereocenters. The Balaban J connectivity index is 2.04. The molecule has 5 nitrogen and oxygen atoms in total. The number of nitrogen functional groups attached to an aromatic ring is 1. The molecule has 88 valence electrons. The fourth-order valence-corrected chi connectivity index (χ4v) is 1.42. The van der Waals surface area contributed by atoms with Gasteiger partial charge in [0, 0.05) is 12.4 Å². The third kappa shape index (κ3) is 2.90. The first-order valence-corrected chi connectivity index (χ1v) is 5.38. The van der Waals surface area contributed by atoms with Crippen LogP contribution in [0.4, 0.5) is 11.5 Å².